The Morgan fingerprint density at radius 1 is 1.00 bits per heavy atom. The van der Waals surface area contributed by atoms with Gasteiger partial charge in [0.15, 0.2) is 0 Å². The molecule has 0 amide bonds. The van der Waals surface area contributed by atoms with Gasteiger partial charge in [0.2, 0.25) is 0 Å². The highest BCUT2D eigenvalue weighted by atomic mass is 14.6. The van der Waals surface area contributed by atoms with Gasteiger partial charge >= 0.3 is 0 Å². The van der Waals surface area contributed by atoms with Gasteiger partial charge in [0.25, 0.3) is 0 Å². The van der Waals surface area contributed by atoms with Crippen LogP contribution in [0, 0.1) is 22.7 Å². The molecule has 0 radical (unpaired) electrons. The fraction of sp³-hybridized carbons (Fsp3) is 1.00. The molecule has 0 aromatic heterocycles. The first-order valence-corrected chi connectivity index (χ1v) is 8.15. The Morgan fingerprint density at radius 2 is 1.56 bits per heavy atom. The molecule has 0 atom stereocenters. The summed E-state index contributed by atoms with van der Waals surface area (Å²) in [6, 6.07) is 0. The minimum absolute atomic E-state index is 0.494. The molecule has 2 N–H and O–H groups in total. The fourth-order valence-corrected chi connectivity index (χ4v) is 4.41. The topological polar surface area (TPSA) is 26.0 Å². The van der Waals surface area contributed by atoms with Gasteiger partial charge in [-0.2, -0.15) is 0 Å². The molecule has 1 heteroatoms. The van der Waals surface area contributed by atoms with Crippen molar-refractivity contribution in [3.05, 3.63) is 0 Å². The molecule has 1 nitrogen and oxygen atoms in total. The highest BCUT2D eigenvalue weighted by Crippen LogP contribution is 2.49. The molecule has 0 unspecified atom stereocenters. The number of rotatable bonds is 3. The zero-order chi connectivity index (χ0) is 13.2. The van der Waals surface area contributed by atoms with Gasteiger partial charge in [-0.05, 0) is 61.3 Å². The normalized spacial score (nSPS) is 35.0. The summed E-state index contributed by atoms with van der Waals surface area (Å²) in [5.74, 6) is 1.92. The predicted molar refractivity (Wildman–Crippen MR) is 79.5 cm³/mol. The zero-order valence-corrected chi connectivity index (χ0v) is 12.8. The smallest absolute Gasteiger partial charge is 0.00204 e. The van der Waals surface area contributed by atoms with Crippen LogP contribution in [0.5, 0.6) is 0 Å². The quantitative estimate of drug-likeness (QED) is 0.769. The van der Waals surface area contributed by atoms with Crippen LogP contribution in [0.3, 0.4) is 0 Å². The van der Waals surface area contributed by atoms with Gasteiger partial charge < -0.3 is 5.73 Å². The summed E-state index contributed by atoms with van der Waals surface area (Å²) in [7, 11) is 0. The van der Waals surface area contributed by atoms with Crippen molar-refractivity contribution in [3.63, 3.8) is 0 Å². The van der Waals surface area contributed by atoms with Crippen molar-refractivity contribution in [3.8, 4) is 0 Å². The predicted octanol–water partition coefficient (Wildman–Crippen LogP) is 4.75. The van der Waals surface area contributed by atoms with E-state index in [0.717, 1.165) is 18.4 Å². The standard InChI is InChI=1S/C17H33N/c1-16(2,3)15-8-10-17(13-18,11-9-15)12-14-6-4-5-7-14/h14-15H,4-13,18H2,1-3H3. The van der Waals surface area contributed by atoms with Crippen molar-refractivity contribution in [2.24, 2.45) is 28.4 Å². The van der Waals surface area contributed by atoms with Crippen molar-refractivity contribution in [1.29, 1.82) is 0 Å². The van der Waals surface area contributed by atoms with Crippen LogP contribution >= 0.6 is 0 Å². The van der Waals surface area contributed by atoms with E-state index >= 15 is 0 Å². The fourth-order valence-electron chi connectivity index (χ4n) is 4.41. The Labute approximate surface area is 114 Å². The summed E-state index contributed by atoms with van der Waals surface area (Å²) in [6.07, 6.45) is 12.9. The van der Waals surface area contributed by atoms with Crippen LogP contribution in [0.2, 0.25) is 0 Å². The molecule has 2 fully saturated rings. The van der Waals surface area contributed by atoms with Crippen molar-refractivity contribution in [1.82, 2.24) is 0 Å². The van der Waals surface area contributed by atoms with E-state index < -0.39 is 0 Å². The van der Waals surface area contributed by atoms with Crippen molar-refractivity contribution in [2.75, 3.05) is 6.54 Å². The van der Waals surface area contributed by atoms with Crippen LogP contribution < -0.4 is 5.73 Å². The van der Waals surface area contributed by atoms with E-state index in [0.29, 0.717) is 10.8 Å². The van der Waals surface area contributed by atoms with E-state index in [1.807, 2.05) is 0 Å². The van der Waals surface area contributed by atoms with E-state index in [1.54, 1.807) is 0 Å². The average molecular weight is 251 g/mol. The summed E-state index contributed by atoms with van der Waals surface area (Å²) in [4.78, 5) is 0. The first kappa shape index (κ1) is 14.4. The first-order valence-electron chi connectivity index (χ1n) is 8.15. The molecule has 106 valence electrons. The van der Waals surface area contributed by atoms with E-state index in [9.17, 15) is 0 Å². The maximum atomic E-state index is 6.17. The second-order valence-corrected chi connectivity index (χ2v) is 8.20. The molecular weight excluding hydrogens is 218 g/mol. The Kier molecular flexibility index (Phi) is 4.41. The number of hydrogen-bond acceptors (Lipinski definition) is 1. The number of hydrogen-bond donors (Lipinski definition) is 1. The zero-order valence-electron chi connectivity index (χ0n) is 12.8. The van der Waals surface area contributed by atoms with Gasteiger partial charge in [-0.1, -0.05) is 46.5 Å². The molecule has 2 saturated carbocycles. The lowest BCUT2D eigenvalue weighted by Gasteiger charge is -2.45. The molecule has 18 heavy (non-hydrogen) atoms. The monoisotopic (exact) mass is 251 g/mol. The van der Waals surface area contributed by atoms with Crippen LogP contribution in [0.4, 0.5) is 0 Å². The average Bonchev–Trinajstić information content (AvgIpc) is 2.81. The van der Waals surface area contributed by atoms with E-state index in [2.05, 4.69) is 20.8 Å². The molecule has 0 bridgehead atoms. The molecular formula is C17H33N. The Hall–Kier alpha value is -0.0400. The van der Waals surface area contributed by atoms with Crippen LogP contribution in [-0.4, -0.2) is 6.54 Å². The highest BCUT2D eigenvalue weighted by Gasteiger charge is 2.39. The van der Waals surface area contributed by atoms with Gasteiger partial charge in [0, 0.05) is 0 Å². The summed E-state index contributed by atoms with van der Waals surface area (Å²) < 4.78 is 0. The van der Waals surface area contributed by atoms with Crippen LogP contribution in [0.25, 0.3) is 0 Å². The van der Waals surface area contributed by atoms with Gasteiger partial charge in [-0.3, -0.25) is 0 Å². The maximum absolute atomic E-state index is 6.17. The third-order valence-corrected chi connectivity index (χ3v) is 5.90. The van der Waals surface area contributed by atoms with Crippen LogP contribution in [0.1, 0.15) is 78.6 Å². The molecule has 0 heterocycles. The van der Waals surface area contributed by atoms with E-state index in [-0.39, 0.29) is 0 Å². The lowest BCUT2D eigenvalue weighted by molar-refractivity contribution is 0.0735. The summed E-state index contributed by atoms with van der Waals surface area (Å²) in [5.41, 5.74) is 7.18. The summed E-state index contributed by atoms with van der Waals surface area (Å²) >= 11 is 0. The summed E-state index contributed by atoms with van der Waals surface area (Å²) in [6.45, 7) is 8.15. The number of nitrogens with two attached hydrogens (primary N) is 1. The third kappa shape index (κ3) is 3.29. The van der Waals surface area contributed by atoms with E-state index in [1.165, 1.54) is 57.8 Å². The minimum atomic E-state index is 0.494. The molecule has 2 aliphatic rings. The maximum Gasteiger partial charge on any atom is -0.00204 e. The third-order valence-electron chi connectivity index (χ3n) is 5.90. The lowest BCUT2D eigenvalue weighted by Crippen LogP contribution is -2.38. The van der Waals surface area contributed by atoms with Crippen molar-refractivity contribution in [2.45, 2.75) is 78.6 Å². The molecule has 0 spiro atoms. The largest absolute Gasteiger partial charge is 0.330 e. The van der Waals surface area contributed by atoms with Crippen LogP contribution in [-0.2, 0) is 0 Å². The van der Waals surface area contributed by atoms with E-state index in [4.69, 9.17) is 5.73 Å². The molecule has 2 aliphatic carbocycles. The minimum Gasteiger partial charge on any atom is -0.330 e. The molecule has 0 saturated heterocycles. The van der Waals surface area contributed by atoms with Gasteiger partial charge in [0.1, 0.15) is 0 Å². The van der Waals surface area contributed by atoms with Gasteiger partial charge in [-0.15, -0.1) is 0 Å². The van der Waals surface area contributed by atoms with Crippen molar-refractivity contribution < 1.29 is 0 Å². The highest BCUT2D eigenvalue weighted by molar-refractivity contribution is 4.91. The van der Waals surface area contributed by atoms with Crippen LogP contribution in [0.15, 0.2) is 0 Å². The lowest BCUT2D eigenvalue weighted by atomic mass is 9.61. The second-order valence-electron chi connectivity index (χ2n) is 8.20. The Balaban J connectivity index is 1.90. The molecule has 0 aromatic rings. The molecule has 0 aromatic carbocycles. The SMILES string of the molecule is CC(C)(C)C1CCC(CN)(CC2CCCC2)CC1. The van der Waals surface area contributed by atoms with Crippen molar-refractivity contribution >= 4 is 0 Å². The molecule has 0 aliphatic heterocycles. The van der Waals surface area contributed by atoms with Gasteiger partial charge in [-0.25, -0.2) is 0 Å². The summed E-state index contributed by atoms with van der Waals surface area (Å²) in [5, 5.41) is 0. The Bertz CT molecular complexity index is 249. The molecule has 2 rings (SSSR count). The first-order chi connectivity index (χ1) is 8.45. The van der Waals surface area contributed by atoms with Gasteiger partial charge in [0.05, 0.1) is 0 Å². The Morgan fingerprint density at radius 3 is 2.00 bits per heavy atom. The second kappa shape index (κ2) is 5.53.